The maximum absolute atomic E-state index is 13.9. The van der Waals surface area contributed by atoms with Gasteiger partial charge in [-0.05, 0) is 117 Å². The van der Waals surface area contributed by atoms with Gasteiger partial charge in [-0.2, -0.15) is 5.26 Å². The minimum Gasteiger partial charge on any atom is -0.497 e. The number of fused-ring (bicyclic) bond motifs is 5. The number of hydrogen-bond donors (Lipinski definition) is 1. The van der Waals surface area contributed by atoms with E-state index in [2.05, 4.69) is 51.2 Å². The summed E-state index contributed by atoms with van der Waals surface area (Å²) in [4.78, 5) is 13.9. The third kappa shape index (κ3) is 4.17. The van der Waals surface area contributed by atoms with Crippen LogP contribution in [0.5, 0.6) is 11.5 Å². The van der Waals surface area contributed by atoms with Crippen LogP contribution in [0.2, 0.25) is 0 Å². The number of nitrogens with one attached hydrogen (secondary N) is 1. The van der Waals surface area contributed by atoms with Gasteiger partial charge >= 0.3 is 0 Å². The van der Waals surface area contributed by atoms with Gasteiger partial charge in [0.1, 0.15) is 11.5 Å². The third-order valence-electron chi connectivity index (χ3n) is 10.7. The normalized spacial score (nSPS) is 34.6. The van der Waals surface area contributed by atoms with Gasteiger partial charge in [-0.15, -0.1) is 0 Å². The van der Waals surface area contributed by atoms with Gasteiger partial charge in [0.2, 0.25) is 5.91 Å². The zero-order chi connectivity index (χ0) is 26.6. The van der Waals surface area contributed by atoms with Crippen molar-refractivity contribution in [3.8, 4) is 17.6 Å². The monoisotopic (exact) mass is 502 g/mol. The van der Waals surface area contributed by atoms with Crippen LogP contribution < -0.4 is 14.8 Å². The van der Waals surface area contributed by atoms with Gasteiger partial charge in [-0.3, -0.25) is 4.79 Å². The first-order valence-electron chi connectivity index (χ1n) is 13.9. The molecule has 0 spiro atoms. The van der Waals surface area contributed by atoms with Gasteiger partial charge in [0.05, 0.1) is 25.8 Å². The summed E-state index contributed by atoms with van der Waals surface area (Å²) in [6, 6.07) is 8.21. The lowest BCUT2D eigenvalue weighted by molar-refractivity contribution is -0.133. The molecule has 0 aromatic heterocycles. The topological polar surface area (TPSA) is 71.3 Å². The number of nitriles is 1. The maximum Gasteiger partial charge on any atom is 0.224 e. The standard InChI is InChI=1S/C32H42N2O3/c1-30(2,22-16-23(36-5)18-24(17-22)37-6)34-29(35)28-10-9-26-25-8-7-21-15-20(19-33)11-13-31(21,3)27(25)12-14-32(26,28)4/h7,15-18,25-28H,8-14H2,1-6H3,(H,34,35)/t25-,26-,27-,28+,31-,32-/m0/s1. The number of nitrogens with zero attached hydrogens (tertiary/aromatic N) is 1. The molecular weight excluding hydrogens is 460 g/mol. The Kier molecular flexibility index (Phi) is 6.45. The fraction of sp³-hybridized carbons (Fsp3) is 0.625. The van der Waals surface area contributed by atoms with Crippen LogP contribution in [0.25, 0.3) is 0 Å². The Morgan fingerprint density at radius 3 is 2.41 bits per heavy atom. The summed E-state index contributed by atoms with van der Waals surface area (Å²) in [5, 5.41) is 12.9. The van der Waals surface area contributed by atoms with Crippen molar-refractivity contribution in [2.24, 2.45) is 34.5 Å². The fourth-order valence-corrected chi connectivity index (χ4v) is 8.48. The fourth-order valence-electron chi connectivity index (χ4n) is 8.48. The second kappa shape index (κ2) is 9.22. The number of carbonyl (C=O) groups excluding carboxylic acids is 1. The molecule has 6 atom stereocenters. The van der Waals surface area contributed by atoms with Crippen molar-refractivity contribution in [3.63, 3.8) is 0 Å². The Morgan fingerprint density at radius 1 is 1.05 bits per heavy atom. The Labute approximate surface area is 222 Å². The molecule has 4 aliphatic rings. The van der Waals surface area contributed by atoms with Gasteiger partial charge < -0.3 is 14.8 Å². The van der Waals surface area contributed by atoms with E-state index in [1.54, 1.807) is 14.2 Å². The molecule has 5 nitrogen and oxygen atoms in total. The molecule has 1 aromatic carbocycles. The van der Waals surface area contributed by atoms with Crippen molar-refractivity contribution in [2.75, 3.05) is 14.2 Å². The molecule has 0 unspecified atom stereocenters. The number of amides is 1. The van der Waals surface area contributed by atoms with E-state index in [0.717, 1.165) is 61.2 Å². The third-order valence-corrected chi connectivity index (χ3v) is 10.7. The van der Waals surface area contributed by atoms with Crippen LogP contribution >= 0.6 is 0 Å². The minimum atomic E-state index is -0.548. The molecule has 0 heterocycles. The van der Waals surface area contributed by atoms with Crippen molar-refractivity contribution in [3.05, 3.63) is 47.1 Å². The van der Waals surface area contributed by atoms with Crippen LogP contribution in [0.3, 0.4) is 0 Å². The van der Waals surface area contributed by atoms with Crippen LogP contribution in [0.4, 0.5) is 0 Å². The van der Waals surface area contributed by atoms with Gasteiger partial charge in [0, 0.05) is 17.6 Å². The first-order chi connectivity index (χ1) is 17.6. The van der Waals surface area contributed by atoms with Crippen LogP contribution in [0, 0.1) is 45.8 Å². The largest absolute Gasteiger partial charge is 0.497 e. The maximum atomic E-state index is 13.9. The number of rotatable bonds is 5. The highest BCUT2D eigenvalue weighted by atomic mass is 16.5. The van der Waals surface area contributed by atoms with E-state index in [-0.39, 0.29) is 22.7 Å². The lowest BCUT2D eigenvalue weighted by Crippen LogP contribution is -2.52. The summed E-state index contributed by atoms with van der Waals surface area (Å²) < 4.78 is 11.0. The molecule has 2 saturated carbocycles. The molecule has 37 heavy (non-hydrogen) atoms. The molecule has 1 N–H and O–H groups in total. The van der Waals surface area contributed by atoms with Gasteiger partial charge in [-0.25, -0.2) is 0 Å². The molecule has 198 valence electrons. The summed E-state index contributed by atoms with van der Waals surface area (Å²) in [5.74, 6) is 3.48. The summed E-state index contributed by atoms with van der Waals surface area (Å²) in [6.45, 7) is 8.95. The second-order valence-corrected chi connectivity index (χ2v) is 12.9. The minimum absolute atomic E-state index is 0.0252. The highest BCUT2D eigenvalue weighted by Gasteiger charge is 2.59. The molecule has 1 amide bonds. The SMILES string of the molecule is COc1cc(OC)cc(C(C)(C)NC(=O)[C@H]2CC[C@H]3[C@@H]4CC=C5C=C(C#N)CC[C@]5(C)[C@H]4CC[C@]23C)c1. The van der Waals surface area contributed by atoms with Crippen molar-refractivity contribution in [1.82, 2.24) is 5.32 Å². The molecule has 1 aromatic rings. The highest BCUT2D eigenvalue weighted by Crippen LogP contribution is 2.66. The summed E-state index contributed by atoms with van der Waals surface area (Å²) in [6.07, 6.45) is 12.0. The quantitative estimate of drug-likeness (QED) is 0.487. The highest BCUT2D eigenvalue weighted by molar-refractivity contribution is 5.81. The Balaban J connectivity index is 1.36. The molecule has 5 rings (SSSR count). The summed E-state index contributed by atoms with van der Waals surface area (Å²) in [7, 11) is 3.30. The zero-order valence-corrected chi connectivity index (χ0v) is 23.3. The molecule has 5 heteroatoms. The first-order valence-corrected chi connectivity index (χ1v) is 13.9. The van der Waals surface area contributed by atoms with Crippen LogP contribution in [0.1, 0.15) is 78.2 Å². The number of carbonyl (C=O) groups is 1. The molecular formula is C32H42N2O3. The molecule has 0 saturated heterocycles. The Hall–Kier alpha value is -2.74. The van der Waals surface area contributed by atoms with Gasteiger partial charge in [-0.1, -0.05) is 19.9 Å². The number of ether oxygens (including phenoxy) is 2. The lowest BCUT2D eigenvalue weighted by atomic mass is 9.48. The van der Waals surface area contributed by atoms with E-state index >= 15 is 0 Å². The smallest absolute Gasteiger partial charge is 0.224 e. The zero-order valence-electron chi connectivity index (χ0n) is 23.3. The number of allylic oxidation sites excluding steroid dienone is 4. The van der Waals surface area contributed by atoms with E-state index in [9.17, 15) is 10.1 Å². The second-order valence-electron chi connectivity index (χ2n) is 12.9. The Bertz CT molecular complexity index is 1170. The lowest BCUT2D eigenvalue weighted by Gasteiger charge is -2.57. The average Bonchev–Trinajstić information content (AvgIpc) is 3.25. The van der Waals surface area contributed by atoms with Crippen molar-refractivity contribution in [1.29, 1.82) is 5.26 Å². The van der Waals surface area contributed by atoms with E-state index in [4.69, 9.17) is 9.47 Å². The van der Waals surface area contributed by atoms with Gasteiger partial charge in [0.15, 0.2) is 0 Å². The number of benzene rings is 1. The molecule has 0 bridgehead atoms. The molecule has 0 radical (unpaired) electrons. The van der Waals surface area contributed by atoms with E-state index in [1.807, 2.05) is 18.2 Å². The summed E-state index contributed by atoms with van der Waals surface area (Å²) in [5.41, 5.74) is 2.93. The summed E-state index contributed by atoms with van der Waals surface area (Å²) >= 11 is 0. The van der Waals surface area contributed by atoms with E-state index in [1.165, 1.54) is 12.0 Å². The van der Waals surface area contributed by atoms with Crippen LogP contribution in [0.15, 0.2) is 41.5 Å². The van der Waals surface area contributed by atoms with E-state index in [0.29, 0.717) is 17.8 Å². The number of hydrogen-bond acceptors (Lipinski definition) is 4. The molecule has 4 aliphatic carbocycles. The first kappa shape index (κ1) is 25.9. The van der Waals surface area contributed by atoms with Crippen molar-refractivity contribution >= 4 is 5.91 Å². The van der Waals surface area contributed by atoms with Crippen molar-refractivity contribution in [2.45, 2.75) is 78.2 Å². The van der Waals surface area contributed by atoms with Crippen molar-refractivity contribution < 1.29 is 14.3 Å². The molecule has 2 fully saturated rings. The van der Waals surface area contributed by atoms with Crippen LogP contribution in [-0.4, -0.2) is 20.1 Å². The van der Waals surface area contributed by atoms with Gasteiger partial charge in [0.25, 0.3) is 0 Å². The molecule has 0 aliphatic heterocycles. The Morgan fingerprint density at radius 2 is 1.76 bits per heavy atom. The predicted molar refractivity (Wildman–Crippen MR) is 145 cm³/mol. The van der Waals surface area contributed by atoms with E-state index < -0.39 is 5.54 Å². The van der Waals surface area contributed by atoms with Crippen LogP contribution in [-0.2, 0) is 10.3 Å². The predicted octanol–water partition coefficient (Wildman–Crippen LogP) is 6.69. The average molecular weight is 503 g/mol. The number of methoxy groups -OCH3 is 2.